The molecule has 200 valence electrons. The van der Waals surface area contributed by atoms with Crippen molar-refractivity contribution in [1.82, 2.24) is 20.3 Å². The fourth-order valence-corrected chi connectivity index (χ4v) is 4.23. The first-order chi connectivity index (χ1) is 18.3. The maximum absolute atomic E-state index is 12.8. The maximum Gasteiger partial charge on any atom is 0.422 e. The van der Waals surface area contributed by atoms with E-state index in [0.29, 0.717) is 17.8 Å². The normalized spacial score (nSPS) is 17.3. The first kappa shape index (κ1) is 25.6. The van der Waals surface area contributed by atoms with Gasteiger partial charge in [-0.25, -0.2) is 0 Å². The quantitative estimate of drug-likeness (QED) is 0.369. The number of aromatic nitrogens is 3. The number of rotatable bonds is 2. The molecular weight excluding hydrogens is 499 g/mol. The SMILES string of the molecule is O=C1NCCCCCNc2cccc(c2)C2(CC2)Nc2nc(nc(OCC(F)(F)F)n2)Nc2ccc1cc2. The van der Waals surface area contributed by atoms with Crippen LogP contribution in [0.5, 0.6) is 6.01 Å². The van der Waals surface area contributed by atoms with Crippen LogP contribution in [0.15, 0.2) is 48.5 Å². The third-order valence-electron chi connectivity index (χ3n) is 6.37. The summed E-state index contributed by atoms with van der Waals surface area (Å²) in [7, 11) is 0. The molecule has 6 rings (SSSR count). The molecule has 3 aromatic rings. The Labute approximate surface area is 217 Å². The summed E-state index contributed by atoms with van der Waals surface area (Å²) in [5.41, 5.74) is 2.60. The lowest BCUT2D eigenvalue weighted by atomic mass is 10.0. The van der Waals surface area contributed by atoms with Crippen molar-refractivity contribution in [3.8, 4) is 6.01 Å². The van der Waals surface area contributed by atoms with Crippen LogP contribution in [-0.2, 0) is 5.54 Å². The van der Waals surface area contributed by atoms with Gasteiger partial charge in [0, 0.05) is 30.0 Å². The van der Waals surface area contributed by atoms with Gasteiger partial charge in [-0.3, -0.25) is 4.79 Å². The minimum atomic E-state index is -4.54. The molecule has 12 heteroatoms. The molecule has 1 fully saturated rings. The van der Waals surface area contributed by atoms with E-state index in [1.807, 2.05) is 18.2 Å². The Bertz CT molecular complexity index is 1280. The van der Waals surface area contributed by atoms with Gasteiger partial charge in [0.2, 0.25) is 11.9 Å². The summed E-state index contributed by atoms with van der Waals surface area (Å²) >= 11 is 0. The topological polar surface area (TPSA) is 113 Å². The predicted octanol–water partition coefficient (Wildman–Crippen LogP) is 4.98. The van der Waals surface area contributed by atoms with E-state index in [2.05, 4.69) is 42.3 Å². The Kier molecular flexibility index (Phi) is 7.21. The smallest absolute Gasteiger partial charge is 0.422 e. The van der Waals surface area contributed by atoms with Crippen LogP contribution in [0, 0.1) is 0 Å². The van der Waals surface area contributed by atoms with Crippen molar-refractivity contribution in [2.24, 2.45) is 0 Å². The van der Waals surface area contributed by atoms with Crippen LogP contribution < -0.4 is 26.0 Å². The summed E-state index contributed by atoms with van der Waals surface area (Å²) < 4.78 is 43.3. The molecule has 0 saturated heterocycles. The predicted molar refractivity (Wildman–Crippen MR) is 137 cm³/mol. The number of hydrogen-bond acceptors (Lipinski definition) is 8. The van der Waals surface area contributed by atoms with E-state index in [4.69, 9.17) is 4.74 Å². The van der Waals surface area contributed by atoms with E-state index in [9.17, 15) is 18.0 Å². The highest BCUT2D eigenvalue weighted by Gasteiger charge is 2.45. The Morgan fingerprint density at radius 3 is 2.34 bits per heavy atom. The van der Waals surface area contributed by atoms with Crippen LogP contribution in [-0.4, -0.2) is 46.7 Å². The van der Waals surface area contributed by atoms with Crippen molar-refractivity contribution in [3.63, 3.8) is 0 Å². The molecule has 6 bridgehead atoms. The van der Waals surface area contributed by atoms with Crippen LogP contribution in [0.1, 0.15) is 48.0 Å². The van der Waals surface area contributed by atoms with Crippen molar-refractivity contribution >= 4 is 29.2 Å². The third-order valence-corrected chi connectivity index (χ3v) is 6.37. The molecule has 3 heterocycles. The number of ether oxygens (including phenoxy) is 1. The molecule has 2 aromatic carbocycles. The first-order valence-corrected chi connectivity index (χ1v) is 12.5. The van der Waals surface area contributed by atoms with Gasteiger partial charge in [0.25, 0.3) is 5.91 Å². The zero-order valence-corrected chi connectivity index (χ0v) is 20.6. The number of anilines is 4. The number of carbonyl (C=O) groups is 1. The van der Waals surface area contributed by atoms with Crippen LogP contribution in [0.25, 0.3) is 0 Å². The molecule has 3 aliphatic rings. The Balaban J connectivity index is 1.46. The molecular formula is C26H28F3N7O2. The number of hydrogen-bond donors (Lipinski definition) is 4. The monoisotopic (exact) mass is 527 g/mol. The lowest BCUT2D eigenvalue weighted by Crippen LogP contribution is -2.24. The number of alkyl halides is 3. The Hall–Kier alpha value is -4.09. The zero-order valence-electron chi connectivity index (χ0n) is 20.6. The summed E-state index contributed by atoms with van der Waals surface area (Å²) in [6.07, 6.45) is -0.119. The molecule has 1 aliphatic carbocycles. The van der Waals surface area contributed by atoms with Crippen molar-refractivity contribution in [2.75, 3.05) is 35.6 Å². The lowest BCUT2D eigenvalue weighted by molar-refractivity contribution is -0.154. The van der Waals surface area contributed by atoms with E-state index in [-0.39, 0.29) is 17.8 Å². The highest BCUT2D eigenvalue weighted by atomic mass is 19.4. The average molecular weight is 528 g/mol. The number of nitrogens with zero attached hydrogens (tertiary/aromatic N) is 3. The number of fused-ring (bicyclic) bond motifs is 9. The van der Waals surface area contributed by atoms with Crippen molar-refractivity contribution in [3.05, 3.63) is 59.7 Å². The second-order valence-corrected chi connectivity index (χ2v) is 9.40. The van der Waals surface area contributed by atoms with E-state index in [0.717, 1.165) is 49.9 Å². The number of nitrogens with one attached hydrogen (secondary N) is 4. The highest BCUT2D eigenvalue weighted by Crippen LogP contribution is 2.48. The second kappa shape index (κ2) is 10.7. The number of carbonyl (C=O) groups excluding carboxylic acids is 1. The van der Waals surface area contributed by atoms with Crippen LogP contribution in [0.2, 0.25) is 0 Å². The summed E-state index contributed by atoms with van der Waals surface area (Å²) in [5, 5.41) is 12.6. The lowest BCUT2D eigenvalue weighted by Gasteiger charge is -2.20. The van der Waals surface area contributed by atoms with Gasteiger partial charge in [-0.2, -0.15) is 28.1 Å². The van der Waals surface area contributed by atoms with Crippen molar-refractivity contribution in [2.45, 2.75) is 43.8 Å². The Morgan fingerprint density at radius 1 is 0.868 bits per heavy atom. The molecule has 1 aromatic heterocycles. The standard InChI is InChI=1S/C26H28F3N7O2/c27-26(28,29)16-38-24-34-22-32-19-9-7-17(8-10-19)21(37)31-14-3-1-2-13-30-20-6-4-5-18(15-20)25(11-12-25)36-23(33-22)35-24/h4-10,15,30H,1-3,11-14,16H2,(H,31,37)(H2,32,33,34,35,36). The van der Waals surface area contributed by atoms with Crippen LogP contribution in [0.4, 0.5) is 36.4 Å². The van der Waals surface area contributed by atoms with E-state index >= 15 is 0 Å². The zero-order chi connectivity index (χ0) is 26.6. The maximum atomic E-state index is 12.8. The summed E-state index contributed by atoms with van der Waals surface area (Å²) in [6.45, 7) is -0.156. The molecule has 0 unspecified atom stereocenters. The highest BCUT2D eigenvalue weighted by molar-refractivity contribution is 5.94. The average Bonchev–Trinajstić information content (AvgIpc) is 3.67. The largest absolute Gasteiger partial charge is 0.454 e. The molecule has 1 spiro atoms. The first-order valence-electron chi connectivity index (χ1n) is 12.5. The fraction of sp³-hybridized carbons (Fsp3) is 0.385. The van der Waals surface area contributed by atoms with Gasteiger partial charge < -0.3 is 26.0 Å². The van der Waals surface area contributed by atoms with E-state index < -0.39 is 24.3 Å². The third kappa shape index (κ3) is 6.61. The summed E-state index contributed by atoms with van der Waals surface area (Å²) in [5.74, 6) is -0.0759. The van der Waals surface area contributed by atoms with Gasteiger partial charge in [-0.05, 0) is 74.1 Å². The van der Waals surface area contributed by atoms with Gasteiger partial charge in [0.15, 0.2) is 6.61 Å². The molecule has 9 nitrogen and oxygen atoms in total. The molecule has 38 heavy (non-hydrogen) atoms. The molecule has 1 saturated carbocycles. The van der Waals surface area contributed by atoms with Crippen molar-refractivity contribution in [1.29, 1.82) is 0 Å². The molecule has 0 radical (unpaired) electrons. The Morgan fingerprint density at radius 2 is 1.61 bits per heavy atom. The molecule has 1 amide bonds. The summed E-state index contributed by atoms with van der Waals surface area (Å²) in [4.78, 5) is 25.0. The van der Waals surface area contributed by atoms with Crippen LogP contribution >= 0.6 is 0 Å². The van der Waals surface area contributed by atoms with Crippen LogP contribution in [0.3, 0.4) is 0 Å². The van der Waals surface area contributed by atoms with E-state index in [1.54, 1.807) is 24.3 Å². The molecule has 2 aliphatic heterocycles. The minimum absolute atomic E-state index is 0.00832. The van der Waals surface area contributed by atoms with Gasteiger partial charge in [0.05, 0.1) is 5.54 Å². The van der Waals surface area contributed by atoms with Gasteiger partial charge in [-0.1, -0.05) is 12.1 Å². The number of benzene rings is 2. The van der Waals surface area contributed by atoms with Gasteiger partial charge in [-0.15, -0.1) is 0 Å². The summed E-state index contributed by atoms with van der Waals surface area (Å²) in [6, 6.07) is 14.2. The van der Waals surface area contributed by atoms with E-state index in [1.165, 1.54) is 0 Å². The fourth-order valence-electron chi connectivity index (χ4n) is 4.23. The minimum Gasteiger partial charge on any atom is -0.454 e. The van der Waals surface area contributed by atoms with Gasteiger partial charge in [0.1, 0.15) is 0 Å². The molecule has 4 N–H and O–H groups in total. The second-order valence-electron chi connectivity index (χ2n) is 9.40. The molecule has 0 atom stereocenters. The number of halogens is 3. The van der Waals surface area contributed by atoms with Crippen molar-refractivity contribution < 1.29 is 22.7 Å². The van der Waals surface area contributed by atoms with Gasteiger partial charge >= 0.3 is 12.2 Å². The number of amides is 1.